The van der Waals surface area contributed by atoms with Crippen LogP contribution in [0, 0.1) is 0 Å². The number of aryl methyl sites for hydroxylation is 1. The number of benzene rings is 2. The van der Waals surface area contributed by atoms with Gasteiger partial charge in [-0.3, -0.25) is 4.79 Å². The fourth-order valence-electron chi connectivity index (χ4n) is 4.02. The van der Waals surface area contributed by atoms with Crippen LogP contribution in [0.15, 0.2) is 39.7 Å². The fraction of sp³-hybridized carbons (Fsp3) is 0.318. The van der Waals surface area contributed by atoms with E-state index in [1.54, 1.807) is 32.1 Å². The van der Waals surface area contributed by atoms with E-state index in [2.05, 4.69) is 0 Å². The van der Waals surface area contributed by atoms with E-state index in [0.29, 0.717) is 29.7 Å². The molecule has 3 aromatic rings. The highest BCUT2D eigenvalue weighted by Gasteiger charge is 2.40. The smallest absolute Gasteiger partial charge is 0.250 e. The summed E-state index contributed by atoms with van der Waals surface area (Å²) in [6.07, 6.45) is 3.58. The van der Waals surface area contributed by atoms with Gasteiger partial charge in [-0.05, 0) is 44.4 Å². The van der Waals surface area contributed by atoms with Crippen LogP contribution in [0.1, 0.15) is 37.3 Å². The van der Waals surface area contributed by atoms with Gasteiger partial charge >= 0.3 is 0 Å². The summed E-state index contributed by atoms with van der Waals surface area (Å²) in [5, 5.41) is 31.3. The zero-order chi connectivity index (χ0) is 20.5. The maximum atomic E-state index is 13.3. The minimum atomic E-state index is -0.889. The molecular formula is C22H20O7. The Kier molecular flexibility index (Phi) is 3.64. The largest absolute Gasteiger partial charge is 0.507 e. The van der Waals surface area contributed by atoms with Gasteiger partial charge in [0.2, 0.25) is 5.43 Å². The molecule has 0 fully saturated rings. The molecule has 7 nitrogen and oxygen atoms in total. The first-order valence-electron chi connectivity index (χ1n) is 9.43. The summed E-state index contributed by atoms with van der Waals surface area (Å²) in [4.78, 5) is 13.3. The van der Waals surface area contributed by atoms with Crippen molar-refractivity contribution in [2.24, 2.45) is 0 Å². The lowest BCUT2D eigenvalue weighted by atomic mass is 9.95. The number of ether oxygens (including phenoxy) is 2. The summed E-state index contributed by atoms with van der Waals surface area (Å²) in [5.41, 5.74) is 0.150. The monoisotopic (exact) mass is 396 g/mol. The van der Waals surface area contributed by atoms with Crippen LogP contribution in [0.3, 0.4) is 0 Å². The second-order valence-electron chi connectivity index (χ2n) is 8.18. The number of phenols is 2. The zero-order valence-electron chi connectivity index (χ0n) is 15.9. The molecule has 0 saturated heterocycles. The highest BCUT2D eigenvalue weighted by atomic mass is 16.7. The molecule has 3 heterocycles. The van der Waals surface area contributed by atoms with E-state index >= 15 is 0 Å². The normalized spacial score (nSPS) is 20.0. The van der Waals surface area contributed by atoms with E-state index in [1.165, 1.54) is 12.3 Å². The van der Waals surface area contributed by atoms with Gasteiger partial charge in [-0.1, -0.05) is 6.07 Å². The Morgan fingerprint density at radius 1 is 1.17 bits per heavy atom. The summed E-state index contributed by atoms with van der Waals surface area (Å²) in [7, 11) is 0. The molecule has 2 aliphatic heterocycles. The minimum Gasteiger partial charge on any atom is -0.507 e. The summed E-state index contributed by atoms with van der Waals surface area (Å²) < 4.78 is 17.1. The van der Waals surface area contributed by atoms with Gasteiger partial charge < -0.3 is 29.2 Å². The lowest BCUT2D eigenvalue weighted by Crippen LogP contribution is -2.19. The van der Waals surface area contributed by atoms with Gasteiger partial charge in [0.05, 0.1) is 23.3 Å². The van der Waals surface area contributed by atoms with Gasteiger partial charge in [-0.2, -0.15) is 0 Å². The van der Waals surface area contributed by atoms with Crippen molar-refractivity contribution >= 4 is 21.9 Å². The third-order valence-corrected chi connectivity index (χ3v) is 5.52. The Balaban J connectivity index is 1.78. The molecule has 3 N–H and O–H groups in total. The number of phenolic OH excluding ortho intramolecular Hbond substituents is 2. The van der Waals surface area contributed by atoms with E-state index < -0.39 is 17.3 Å². The Morgan fingerprint density at radius 3 is 2.72 bits per heavy atom. The second kappa shape index (κ2) is 5.90. The lowest BCUT2D eigenvalue weighted by molar-refractivity contribution is -0.00482. The molecule has 2 atom stereocenters. The number of rotatable bonds is 3. The van der Waals surface area contributed by atoms with Crippen molar-refractivity contribution in [2.45, 2.75) is 44.5 Å². The molecule has 0 amide bonds. The van der Waals surface area contributed by atoms with Gasteiger partial charge in [-0.25, -0.2) is 0 Å². The predicted octanol–water partition coefficient (Wildman–Crippen LogP) is 3.41. The van der Waals surface area contributed by atoms with Crippen LogP contribution >= 0.6 is 0 Å². The molecule has 150 valence electrons. The number of hydrogen-bond donors (Lipinski definition) is 3. The first kappa shape index (κ1) is 17.9. The van der Waals surface area contributed by atoms with Crippen molar-refractivity contribution in [1.29, 1.82) is 0 Å². The van der Waals surface area contributed by atoms with Crippen LogP contribution in [0.5, 0.6) is 17.2 Å². The molecule has 0 saturated carbocycles. The van der Waals surface area contributed by atoms with E-state index in [9.17, 15) is 20.1 Å². The van der Waals surface area contributed by atoms with Gasteiger partial charge in [0.1, 0.15) is 39.2 Å². The van der Waals surface area contributed by atoms with Gasteiger partial charge in [0.25, 0.3) is 6.29 Å². The highest BCUT2D eigenvalue weighted by molar-refractivity contribution is 5.98. The predicted molar refractivity (Wildman–Crippen MR) is 105 cm³/mol. The molecule has 0 aliphatic carbocycles. The summed E-state index contributed by atoms with van der Waals surface area (Å²) in [6.45, 7) is 3.40. The highest BCUT2D eigenvalue weighted by Crippen LogP contribution is 2.49. The molecule has 7 heteroatoms. The third kappa shape index (κ3) is 2.65. The first-order chi connectivity index (χ1) is 13.7. The molecule has 2 aromatic carbocycles. The van der Waals surface area contributed by atoms with Crippen molar-refractivity contribution in [3.63, 3.8) is 0 Å². The van der Waals surface area contributed by atoms with Gasteiger partial charge in [0, 0.05) is 6.07 Å². The standard InChI is InChI=1S/C22H20O7/c1-22(2,26)7-5-10-3-4-12(23)16-19(25)17-14(28-20(10)16)9-13-15(18(17)24)11-6-8-27-21(11)29-13/h3-4,6,8-9,11,21,23-24,26H,5,7H2,1-2H3/t11-,21+/m0/s1. The molecule has 2 aliphatic rings. The van der Waals surface area contributed by atoms with E-state index in [4.69, 9.17) is 13.9 Å². The van der Waals surface area contributed by atoms with Crippen LogP contribution < -0.4 is 10.2 Å². The molecule has 0 radical (unpaired) electrons. The van der Waals surface area contributed by atoms with Crippen LogP contribution in [-0.4, -0.2) is 27.2 Å². The molecule has 29 heavy (non-hydrogen) atoms. The number of fused-ring (bicyclic) bond motifs is 5. The van der Waals surface area contributed by atoms with Crippen LogP contribution in [0.25, 0.3) is 21.9 Å². The van der Waals surface area contributed by atoms with Crippen molar-refractivity contribution < 1.29 is 29.2 Å². The third-order valence-electron chi connectivity index (χ3n) is 5.52. The van der Waals surface area contributed by atoms with Crippen LogP contribution in [0.4, 0.5) is 0 Å². The summed E-state index contributed by atoms with van der Waals surface area (Å²) in [5.74, 6) is -0.357. The Morgan fingerprint density at radius 2 is 1.97 bits per heavy atom. The molecule has 0 unspecified atom stereocenters. The lowest BCUT2D eigenvalue weighted by Gasteiger charge is -2.17. The van der Waals surface area contributed by atoms with Crippen molar-refractivity contribution in [1.82, 2.24) is 0 Å². The summed E-state index contributed by atoms with van der Waals surface area (Å²) >= 11 is 0. The molecule has 5 rings (SSSR count). The second-order valence-corrected chi connectivity index (χ2v) is 8.18. The van der Waals surface area contributed by atoms with E-state index in [0.717, 1.165) is 0 Å². The zero-order valence-corrected chi connectivity index (χ0v) is 15.9. The van der Waals surface area contributed by atoms with Crippen LogP contribution in [0.2, 0.25) is 0 Å². The average Bonchev–Trinajstić information content (AvgIpc) is 3.20. The Bertz CT molecular complexity index is 1250. The Labute approximate surface area is 165 Å². The maximum absolute atomic E-state index is 13.3. The number of aliphatic hydroxyl groups is 1. The quantitative estimate of drug-likeness (QED) is 0.582. The Hall–Kier alpha value is -3.19. The fourth-order valence-corrected chi connectivity index (χ4v) is 4.02. The van der Waals surface area contributed by atoms with E-state index in [1.807, 2.05) is 0 Å². The molecule has 0 bridgehead atoms. The van der Waals surface area contributed by atoms with E-state index in [-0.39, 0.29) is 39.4 Å². The summed E-state index contributed by atoms with van der Waals surface area (Å²) in [6, 6.07) is 4.68. The first-order valence-corrected chi connectivity index (χ1v) is 9.43. The molecule has 0 spiro atoms. The molecular weight excluding hydrogens is 376 g/mol. The minimum absolute atomic E-state index is 0.00395. The number of hydrogen-bond acceptors (Lipinski definition) is 7. The van der Waals surface area contributed by atoms with Crippen molar-refractivity contribution in [3.05, 3.63) is 51.9 Å². The van der Waals surface area contributed by atoms with Crippen molar-refractivity contribution in [2.75, 3.05) is 0 Å². The van der Waals surface area contributed by atoms with Gasteiger partial charge in [-0.15, -0.1) is 0 Å². The topological polar surface area (TPSA) is 109 Å². The average molecular weight is 396 g/mol. The van der Waals surface area contributed by atoms with Crippen LogP contribution in [-0.2, 0) is 11.2 Å². The number of aromatic hydroxyl groups is 2. The molecule has 1 aromatic heterocycles. The SMILES string of the molecule is CC(C)(O)CCc1ccc(O)c2c(=O)c3c(O)c4c(cc3oc12)O[C@H]1OC=C[C@@H]41. The maximum Gasteiger partial charge on any atom is 0.250 e. The van der Waals surface area contributed by atoms with Crippen molar-refractivity contribution in [3.8, 4) is 17.2 Å². The van der Waals surface area contributed by atoms with Gasteiger partial charge in [0.15, 0.2) is 0 Å².